The molecule has 2 aliphatic rings. The van der Waals surface area contributed by atoms with E-state index in [0.717, 1.165) is 30.0 Å². The first-order valence-corrected chi connectivity index (χ1v) is 9.84. The van der Waals surface area contributed by atoms with E-state index in [0.29, 0.717) is 24.5 Å². The number of carbonyl (C=O) groups is 1. The summed E-state index contributed by atoms with van der Waals surface area (Å²) in [4.78, 5) is 21.0. The molecule has 2 aliphatic heterocycles. The lowest BCUT2D eigenvalue weighted by Crippen LogP contribution is -2.40. The molecule has 1 amide bonds. The van der Waals surface area contributed by atoms with Crippen LogP contribution in [0.4, 0.5) is 14.5 Å². The van der Waals surface area contributed by atoms with E-state index in [9.17, 15) is 13.6 Å². The highest BCUT2D eigenvalue weighted by molar-refractivity contribution is 5.82. The number of hydrogen-bond donors (Lipinski definition) is 0. The van der Waals surface area contributed by atoms with E-state index in [-0.39, 0.29) is 25.0 Å². The molecule has 0 saturated heterocycles. The Morgan fingerprint density at radius 3 is 2.77 bits per heavy atom. The minimum atomic E-state index is -0.395. The van der Waals surface area contributed by atoms with Crippen LogP contribution in [0.5, 0.6) is 5.75 Å². The van der Waals surface area contributed by atoms with E-state index < -0.39 is 5.82 Å². The second-order valence-corrected chi connectivity index (χ2v) is 7.47. The number of carbonyl (C=O) groups excluding carboxylic acids is 1. The van der Waals surface area contributed by atoms with Gasteiger partial charge in [0.25, 0.3) is 0 Å². The zero-order valence-electron chi connectivity index (χ0n) is 16.2. The lowest BCUT2D eigenvalue weighted by atomic mass is 10.2. The van der Waals surface area contributed by atoms with Crippen molar-refractivity contribution in [3.8, 4) is 17.0 Å². The molecule has 0 atom stereocenters. The molecule has 30 heavy (non-hydrogen) atoms. The number of rotatable bonds is 3. The van der Waals surface area contributed by atoms with E-state index in [4.69, 9.17) is 4.74 Å². The molecule has 0 N–H and O–H groups in total. The van der Waals surface area contributed by atoms with Gasteiger partial charge in [0, 0.05) is 24.8 Å². The molecule has 0 spiro atoms. The SMILES string of the molecule is O=C(CN1COc2cccc(F)c21)N1CCCn2cc(-c3ccc(F)cc3)nc2C1. The molecule has 5 rings (SSSR count). The second kappa shape index (κ2) is 7.44. The normalized spacial score (nSPS) is 15.4. The first-order chi connectivity index (χ1) is 14.6. The van der Waals surface area contributed by atoms with E-state index in [1.807, 2.05) is 10.8 Å². The number of halogens is 2. The lowest BCUT2D eigenvalue weighted by Gasteiger charge is -2.23. The van der Waals surface area contributed by atoms with Gasteiger partial charge in [-0.05, 0) is 42.8 Å². The summed E-state index contributed by atoms with van der Waals surface area (Å²) in [6.07, 6.45) is 2.73. The Labute approximate surface area is 172 Å². The number of benzene rings is 2. The third kappa shape index (κ3) is 3.38. The Hall–Kier alpha value is -3.42. The zero-order chi connectivity index (χ0) is 20.7. The fraction of sp³-hybridized carbons (Fsp3) is 0.273. The summed E-state index contributed by atoms with van der Waals surface area (Å²) < 4.78 is 34.9. The van der Waals surface area contributed by atoms with Crippen LogP contribution in [0.25, 0.3) is 11.3 Å². The molecular weight excluding hydrogens is 390 g/mol. The van der Waals surface area contributed by atoms with Crippen molar-refractivity contribution in [2.45, 2.75) is 19.5 Å². The first kappa shape index (κ1) is 18.6. The molecule has 2 aromatic carbocycles. The summed E-state index contributed by atoms with van der Waals surface area (Å²) in [6.45, 7) is 1.92. The van der Waals surface area contributed by atoms with Crippen LogP contribution < -0.4 is 9.64 Å². The van der Waals surface area contributed by atoms with Crippen LogP contribution in [0, 0.1) is 11.6 Å². The summed E-state index contributed by atoms with van der Waals surface area (Å²) >= 11 is 0. The van der Waals surface area contributed by atoms with Crippen molar-refractivity contribution in [1.29, 1.82) is 0 Å². The molecule has 3 heterocycles. The van der Waals surface area contributed by atoms with Gasteiger partial charge in [0.2, 0.25) is 5.91 Å². The summed E-state index contributed by atoms with van der Waals surface area (Å²) in [7, 11) is 0. The van der Waals surface area contributed by atoms with Gasteiger partial charge in [-0.3, -0.25) is 4.79 Å². The standard InChI is InChI=1S/C22H20F2N4O2/c23-16-7-5-15(6-8-16)18-11-26-9-2-10-27(12-20(26)25-18)21(29)13-28-14-30-19-4-1-3-17(24)22(19)28/h1,3-8,11H,2,9-10,12-14H2. The smallest absolute Gasteiger partial charge is 0.242 e. The van der Waals surface area contributed by atoms with Crippen LogP contribution in [0.15, 0.2) is 48.7 Å². The number of fused-ring (bicyclic) bond motifs is 2. The molecule has 8 heteroatoms. The molecule has 0 saturated carbocycles. The summed E-state index contributed by atoms with van der Waals surface area (Å²) in [5.74, 6) is 0.449. The van der Waals surface area contributed by atoms with Crippen LogP contribution in [0.1, 0.15) is 12.2 Å². The number of imidazole rings is 1. The topological polar surface area (TPSA) is 50.6 Å². The van der Waals surface area contributed by atoms with Gasteiger partial charge in [-0.15, -0.1) is 0 Å². The number of para-hydroxylation sites is 1. The monoisotopic (exact) mass is 410 g/mol. The maximum Gasteiger partial charge on any atom is 0.242 e. The minimum absolute atomic E-state index is 0.0411. The van der Waals surface area contributed by atoms with Crippen molar-refractivity contribution in [1.82, 2.24) is 14.5 Å². The Morgan fingerprint density at radius 1 is 1.10 bits per heavy atom. The van der Waals surface area contributed by atoms with E-state index in [2.05, 4.69) is 4.98 Å². The molecule has 0 fully saturated rings. The van der Waals surface area contributed by atoms with Gasteiger partial charge < -0.3 is 19.1 Å². The Kier molecular flexibility index (Phi) is 4.61. The maximum absolute atomic E-state index is 14.2. The third-order valence-electron chi connectivity index (χ3n) is 5.48. The Balaban J connectivity index is 1.33. The summed E-state index contributed by atoms with van der Waals surface area (Å²) in [5, 5.41) is 0. The van der Waals surface area contributed by atoms with Gasteiger partial charge in [0.15, 0.2) is 6.73 Å². The summed E-state index contributed by atoms with van der Waals surface area (Å²) in [5.41, 5.74) is 1.92. The average molecular weight is 410 g/mol. The van der Waals surface area contributed by atoms with E-state index >= 15 is 0 Å². The Bertz CT molecular complexity index is 1100. The van der Waals surface area contributed by atoms with E-state index in [1.165, 1.54) is 18.2 Å². The maximum atomic E-state index is 14.2. The number of ether oxygens (including phenoxy) is 1. The number of amides is 1. The number of aryl methyl sites for hydroxylation is 1. The predicted molar refractivity (Wildman–Crippen MR) is 107 cm³/mol. The first-order valence-electron chi connectivity index (χ1n) is 9.84. The molecule has 0 bridgehead atoms. The fourth-order valence-electron chi connectivity index (χ4n) is 3.95. The highest BCUT2D eigenvalue weighted by atomic mass is 19.1. The summed E-state index contributed by atoms with van der Waals surface area (Å²) in [6, 6.07) is 10.9. The molecule has 0 aliphatic carbocycles. The van der Waals surface area contributed by atoms with Gasteiger partial charge in [-0.25, -0.2) is 13.8 Å². The van der Waals surface area contributed by atoms with Crippen LogP contribution in [-0.2, 0) is 17.9 Å². The van der Waals surface area contributed by atoms with E-state index in [1.54, 1.807) is 34.1 Å². The predicted octanol–water partition coefficient (Wildman–Crippen LogP) is 3.42. The van der Waals surface area contributed by atoms with Crippen molar-refractivity contribution in [3.05, 3.63) is 66.1 Å². The molecule has 6 nitrogen and oxygen atoms in total. The van der Waals surface area contributed by atoms with Gasteiger partial charge in [0.1, 0.15) is 35.4 Å². The zero-order valence-corrected chi connectivity index (χ0v) is 16.2. The van der Waals surface area contributed by atoms with Crippen molar-refractivity contribution >= 4 is 11.6 Å². The number of nitrogens with zero attached hydrogens (tertiary/aromatic N) is 4. The fourth-order valence-corrected chi connectivity index (χ4v) is 3.95. The van der Waals surface area contributed by atoms with Gasteiger partial charge in [-0.2, -0.15) is 0 Å². The van der Waals surface area contributed by atoms with Crippen molar-refractivity contribution in [3.63, 3.8) is 0 Å². The van der Waals surface area contributed by atoms with Crippen LogP contribution in [0.3, 0.4) is 0 Å². The van der Waals surface area contributed by atoms with Crippen LogP contribution in [0.2, 0.25) is 0 Å². The quantitative estimate of drug-likeness (QED) is 0.664. The van der Waals surface area contributed by atoms with Crippen molar-refractivity contribution < 1.29 is 18.3 Å². The van der Waals surface area contributed by atoms with Gasteiger partial charge in [-0.1, -0.05) is 6.07 Å². The van der Waals surface area contributed by atoms with Gasteiger partial charge in [0.05, 0.1) is 12.2 Å². The third-order valence-corrected chi connectivity index (χ3v) is 5.48. The van der Waals surface area contributed by atoms with Crippen molar-refractivity contribution in [2.24, 2.45) is 0 Å². The Morgan fingerprint density at radius 2 is 1.93 bits per heavy atom. The number of hydrogen-bond acceptors (Lipinski definition) is 4. The minimum Gasteiger partial charge on any atom is -0.471 e. The van der Waals surface area contributed by atoms with Gasteiger partial charge >= 0.3 is 0 Å². The molecular formula is C22H20F2N4O2. The number of aromatic nitrogens is 2. The average Bonchev–Trinajstić information content (AvgIpc) is 3.27. The molecule has 154 valence electrons. The van der Waals surface area contributed by atoms with Crippen LogP contribution in [-0.4, -0.2) is 40.2 Å². The molecule has 0 radical (unpaired) electrons. The highest BCUT2D eigenvalue weighted by Crippen LogP contribution is 2.36. The second-order valence-electron chi connectivity index (χ2n) is 7.47. The molecule has 0 unspecified atom stereocenters. The molecule has 3 aromatic rings. The van der Waals surface area contributed by atoms with Crippen molar-refractivity contribution in [2.75, 3.05) is 24.7 Å². The number of anilines is 1. The molecule has 1 aromatic heterocycles. The lowest BCUT2D eigenvalue weighted by molar-refractivity contribution is -0.130. The van der Waals surface area contributed by atoms with Crippen LogP contribution >= 0.6 is 0 Å². The largest absolute Gasteiger partial charge is 0.471 e. The highest BCUT2D eigenvalue weighted by Gasteiger charge is 2.29.